The summed E-state index contributed by atoms with van der Waals surface area (Å²) >= 11 is 0. The van der Waals surface area contributed by atoms with E-state index in [4.69, 9.17) is 46.2 Å². The molecular weight excluding hydrogens is 1120 g/mol. The predicted octanol–water partition coefficient (Wildman–Crippen LogP) is 10.5. The van der Waals surface area contributed by atoms with Crippen LogP contribution in [0.4, 0.5) is 9.59 Å². The highest BCUT2D eigenvalue weighted by Crippen LogP contribution is 2.41. The molecule has 6 atom stereocenters. The van der Waals surface area contributed by atoms with E-state index in [1.807, 2.05) is 99.6 Å². The average Bonchev–Trinajstić information content (AvgIpc) is 1.63. The number of esters is 2. The molecule has 0 saturated carbocycles. The first kappa shape index (κ1) is 65.8. The molecule has 2 saturated heterocycles. The average molecular weight is 1210 g/mol. The Kier molecular flexibility index (Phi) is 21.7. The third kappa shape index (κ3) is 17.9. The van der Waals surface area contributed by atoms with Gasteiger partial charge < -0.3 is 64.1 Å². The fraction of sp³-hybridized carbons (Fsp3) is 0.455. The molecule has 2 aliphatic heterocycles. The molecule has 4 aliphatic rings. The van der Waals surface area contributed by atoms with Crippen LogP contribution in [0.25, 0.3) is 22.3 Å². The number of carboxylic acids is 1. The number of ether oxygens (including phenoxy) is 6. The number of hydrogen-bond donors (Lipinski definition) is 4. The van der Waals surface area contributed by atoms with Gasteiger partial charge in [-0.05, 0) is 111 Å². The van der Waals surface area contributed by atoms with Gasteiger partial charge >= 0.3 is 30.1 Å². The van der Waals surface area contributed by atoms with Gasteiger partial charge in [-0.3, -0.25) is 9.59 Å². The van der Waals surface area contributed by atoms with Crippen molar-refractivity contribution in [2.75, 3.05) is 40.5 Å². The topological polar surface area (TPSA) is 261 Å². The Hall–Kier alpha value is -8.72. The first-order valence-electron chi connectivity index (χ1n) is 29.7. The molecule has 87 heavy (non-hydrogen) atoms. The first-order chi connectivity index (χ1) is 41.9. The zero-order chi connectivity index (χ0) is 66.2. The summed E-state index contributed by atoms with van der Waals surface area (Å²) < 4.78 is 41.7. The smallest absolute Gasteiger partial charge is 0.408 e. The van der Waals surface area contributed by atoms with Gasteiger partial charge in [-0.2, -0.15) is 0 Å². The van der Waals surface area contributed by atoms with E-state index < -0.39 is 76.3 Å². The van der Waals surface area contributed by atoms with E-state index in [1.165, 1.54) is 19.1 Å². The SMILES string of the molecule is C=CCOc1ccc2c(c1)C(=NO[C@@H]1C[C@@H](C(=O)OC)N(C(=O)[C@@H](NC(=O)OC(C)(C)C)C(C)(C)C)C1)c1ccccc1-2.C=CCOc1ccc2c(c1)C(=NO[C@H]1CN[C@H](C(=O)OC)C1)c1ccccc1-2.CC(C)(C)OC(=O)N[C@H](C(=O)O)C(C)(C)C.[2HH].[2H][2H]. The number of amides is 3. The first-order valence-corrected chi connectivity index (χ1v) is 28.7. The molecule has 0 radical (unpaired) electrons. The van der Waals surface area contributed by atoms with Crippen molar-refractivity contribution in [3.63, 3.8) is 0 Å². The number of aliphatic carboxylic acids is 1. The number of nitrogens with zero attached hydrogens (tertiary/aromatic N) is 3. The highest BCUT2D eigenvalue weighted by Gasteiger charge is 2.47. The van der Waals surface area contributed by atoms with Crippen LogP contribution in [0.3, 0.4) is 0 Å². The zero-order valence-electron chi connectivity index (χ0n) is 54.4. The maximum Gasteiger partial charge on any atom is 0.408 e. The second-order valence-corrected chi connectivity index (χ2v) is 25.3. The van der Waals surface area contributed by atoms with Crippen molar-refractivity contribution >= 4 is 47.4 Å². The molecular formula is C66H88N6O15. The molecule has 2 aliphatic carbocycles. The summed E-state index contributed by atoms with van der Waals surface area (Å²) in [6, 6.07) is 24.6. The van der Waals surface area contributed by atoms with Crippen LogP contribution in [0, 0.1) is 10.8 Å². The lowest BCUT2D eigenvalue weighted by Gasteiger charge is -2.35. The molecule has 0 unspecified atom stereocenters. The zero-order valence-corrected chi connectivity index (χ0v) is 52.4. The minimum Gasteiger partial charge on any atom is -0.490 e. The molecule has 472 valence electrons. The fourth-order valence-corrected chi connectivity index (χ4v) is 9.88. The molecule has 0 spiro atoms. The summed E-state index contributed by atoms with van der Waals surface area (Å²) in [7, 11) is 2.66. The Morgan fingerprint density at radius 1 is 0.621 bits per heavy atom. The van der Waals surface area contributed by atoms with Gasteiger partial charge in [-0.1, -0.05) is 126 Å². The Balaban J connectivity index is 0.000000315. The van der Waals surface area contributed by atoms with Crippen molar-refractivity contribution in [1.29, 1.82) is 0 Å². The van der Waals surface area contributed by atoms with Crippen molar-refractivity contribution in [2.24, 2.45) is 21.1 Å². The second-order valence-electron chi connectivity index (χ2n) is 25.3. The van der Waals surface area contributed by atoms with Gasteiger partial charge in [0.2, 0.25) is 5.91 Å². The molecule has 3 amide bonds. The highest BCUT2D eigenvalue weighted by molar-refractivity contribution is 6.25. The maximum atomic E-state index is 13.9. The Morgan fingerprint density at radius 2 is 1.05 bits per heavy atom. The van der Waals surface area contributed by atoms with E-state index in [9.17, 15) is 28.8 Å². The standard InChI is InChI=1S/C33H41N3O7.C22H22N2O4.C11H21NO4.2H2/c1-9-16-41-20-14-15-23-22-12-10-11-13-24(22)27(25(23)17-20)35-43-21-18-26(30(38)40-8)36(19-21)29(37)28(32(2,3)4)34-31(39)42-33(5,6)7;1-3-10-27-14-8-9-17-16-6-4-5-7-18(16)21(19(17)11-14)24-28-15-12-20(23-13-15)22(25)26-2;1-10(2,3)7(8(13)14)12-9(15)16-11(4,5)6;;/h9-15,17,21,26,28H,1,16,18-19H2,2-8H3,(H,34,39);3-9,11,15,20,23H,1,10,12-13H2,2H3;7H,1-6H3,(H,12,15)(H,13,14);2*1H/t21-,26+,28-;15-,20+;7-;;/m111../s1/i;;;1+1D;1+1. The maximum absolute atomic E-state index is 13.9. The van der Waals surface area contributed by atoms with Crippen LogP contribution in [0.1, 0.15) is 123 Å². The summed E-state index contributed by atoms with van der Waals surface area (Å²) in [5.41, 5.74) is 6.77. The summed E-state index contributed by atoms with van der Waals surface area (Å²) in [5.74, 6) is -0.927. The number of oxime groups is 2. The number of alkyl carbamates (subject to hydrolysis) is 2. The van der Waals surface area contributed by atoms with Crippen LogP contribution in [0.5, 0.6) is 11.5 Å². The van der Waals surface area contributed by atoms with Crippen LogP contribution >= 0.6 is 0 Å². The largest absolute Gasteiger partial charge is 0.490 e. The normalized spacial score (nSPS) is 19.0. The summed E-state index contributed by atoms with van der Waals surface area (Å²) in [5, 5.41) is 26.2. The third-order valence-electron chi connectivity index (χ3n) is 13.9. The van der Waals surface area contributed by atoms with Crippen molar-refractivity contribution in [3.8, 4) is 33.8 Å². The summed E-state index contributed by atoms with van der Waals surface area (Å²) in [6.07, 6.45) is 1.88. The van der Waals surface area contributed by atoms with E-state index in [2.05, 4.69) is 45.5 Å². The van der Waals surface area contributed by atoms with Crippen molar-refractivity contribution < 1.29 is 76.4 Å². The molecule has 2 fully saturated rings. The molecule has 21 heteroatoms. The quantitative estimate of drug-likeness (QED) is 0.0304. The Labute approximate surface area is 514 Å². The van der Waals surface area contributed by atoms with Gasteiger partial charge in [0, 0.05) is 46.0 Å². The van der Waals surface area contributed by atoms with Crippen LogP contribution in [0.2, 0.25) is 0 Å². The fourth-order valence-electron chi connectivity index (χ4n) is 9.88. The molecule has 4 N–H and O–H groups in total. The van der Waals surface area contributed by atoms with Crippen LogP contribution in [-0.2, 0) is 47.8 Å². The Morgan fingerprint density at radius 3 is 1.46 bits per heavy atom. The second kappa shape index (κ2) is 28.7. The third-order valence-corrected chi connectivity index (χ3v) is 13.9. The summed E-state index contributed by atoms with van der Waals surface area (Å²) in [4.78, 5) is 86.7. The van der Waals surface area contributed by atoms with E-state index >= 15 is 0 Å². The number of benzene rings is 4. The lowest BCUT2D eigenvalue weighted by molar-refractivity contribution is -0.152. The van der Waals surface area contributed by atoms with Gasteiger partial charge in [-0.25, -0.2) is 19.2 Å². The van der Waals surface area contributed by atoms with E-state index in [0.29, 0.717) is 37.6 Å². The molecule has 8 rings (SSSR count). The van der Waals surface area contributed by atoms with Gasteiger partial charge in [0.25, 0.3) is 0 Å². The molecule has 21 nitrogen and oxygen atoms in total. The van der Waals surface area contributed by atoms with Crippen LogP contribution in [-0.4, -0.2) is 146 Å². The summed E-state index contributed by atoms with van der Waals surface area (Å²) in [6.45, 7) is 29.9. The monoisotopic (exact) mass is 1210 g/mol. The molecule has 0 aromatic heterocycles. The van der Waals surface area contributed by atoms with E-state index in [0.717, 1.165) is 56.0 Å². The van der Waals surface area contributed by atoms with Crippen LogP contribution < -0.4 is 25.4 Å². The van der Waals surface area contributed by atoms with Crippen molar-refractivity contribution in [1.82, 2.24) is 20.9 Å². The number of nitrogens with one attached hydrogen (secondary N) is 3. The Bertz CT molecular complexity index is 3260. The van der Waals surface area contributed by atoms with Gasteiger partial charge in [0.15, 0.2) is 0 Å². The molecule has 0 bridgehead atoms. The highest BCUT2D eigenvalue weighted by atomic mass is 16.6. The minimum atomic E-state index is -1.07. The van der Waals surface area contributed by atoms with Gasteiger partial charge in [0.1, 0.15) is 83.7 Å². The lowest BCUT2D eigenvalue weighted by Crippen LogP contribution is -2.57. The number of rotatable bonds is 16. The number of carbonyl (C=O) groups is 6. The molecule has 4 aromatic rings. The minimum absolute atomic E-state index is 0. The molecule has 4 aromatic carbocycles. The number of carboxylic acid groups (broad SMARTS) is 1. The van der Waals surface area contributed by atoms with Crippen LogP contribution in [0.15, 0.2) is 121 Å². The van der Waals surface area contributed by atoms with E-state index in [-0.39, 0.29) is 32.5 Å². The van der Waals surface area contributed by atoms with Gasteiger partial charge in [-0.15, -0.1) is 0 Å². The number of methoxy groups -OCH3 is 2. The predicted molar refractivity (Wildman–Crippen MR) is 334 cm³/mol. The lowest BCUT2D eigenvalue weighted by atomic mass is 9.85. The van der Waals surface area contributed by atoms with E-state index in [1.54, 1.807) is 74.5 Å². The number of carbonyl (C=O) groups excluding carboxylic acids is 5. The molecule has 2 heterocycles. The van der Waals surface area contributed by atoms with Crippen molar-refractivity contribution in [2.45, 2.75) is 144 Å². The number of fused-ring (bicyclic) bond motifs is 6. The number of likely N-dealkylation sites (tertiary alicyclic amines) is 1. The van der Waals surface area contributed by atoms with Crippen molar-refractivity contribution in [3.05, 3.63) is 132 Å². The number of hydrogen-bond acceptors (Lipinski definition) is 17. The van der Waals surface area contributed by atoms with Gasteiger partial charge in [0.05, 0.1) is 20.8 Å².